The van der Waals surface area contributed by atoms with Gasteiger partial charge in [-0.3, -0.25) is 14.5 Å². The third-order valence-electron chi connectivity index (χ3n) is 6.75. The van der Waals surface area contributed by atoms with Crippen LogP contribution in [0.2, 0.25) is 0 Å². The van der Waals surface area contributed by atoms with Crippen molar-refractivity contribution in [2.45, 2.75) is 25.0 Å². The van der Waals surface area contributed by atoms with E-state index in [4.69, 9.17) is 9.47 Å². The minimum Gasteiger partial charge on any atom is -0.468 e. The van der Waals surface area contributed by atoms with E-state index in [2.05, 4.69) is 33.7 Å². The normalized spacial score (nSPS) is 21.6. The van der Waals surface area contributed by atoms with Crippen LogP contribution in [0.5, 0.6) is 0 Å². The van der Waals surface area contributed by atoms with Gasteiger partial charge in [-0.1, -0.05) is 42.5 Å². The lowest BCUT2D eigenvalue weighted by molar-refractivity contribution is -0.171. The molecule has 3 aromatic rings. The molecule has 0 radical (unpaired) electrons. The second kappa shape index (κ2) is 6.71. The predicted molar refractivity (Wildman–Crippen MR) is 111 cm³/mol. The van der Waals surface area contributed by atoms with Crippen LogP contribution in [-0.2, 0) is 32.7 Å². The highest BCUT2D eigenvalue weighted by Crippen LogP contribution is 2.62. The zero-order valence-electron chi connectivity index (χ0n) is 17.3. The van der Waals surface area contributed by atoms with E-state index in [1.807, 2.05) is 37.5 Å². The van der Waals surface area contributed by atoms with Gasteiger partial charge in [-0.05, 0) is 29.2 Å². The fourth-order valence-electron chi connectivity index (χ4n) is 5.56. The van der Waals surface area contributed by atoms with Crippen LogP contribution in [0.4, 0.5) is 0 Å². The van der Waals surface area contributed by atoms with E-state index in [1.54, 1.807) is 0 Å². The molecule has 5 rings (SSSR count). The van der Waals surface area contributed by atoms with Crippen LogP contribution in [0.15, 0.2) is 54.7 Å². The van der Waals surface area contributed by atoms with E-state index in [9.17, 15) is 9.59 Å². The van der Waals surface area contributed by atoms with E-state index >= 15 is 0 Å². The Hall–Kier alpha value is -3.12. The Bertz CT molecular complexity index is 1130. The molecule has 3 heterocycles. The summed E-state index contributed by atoms with van der Waals surface area (Å²) in [7, 11) is 4.67. The van der Waals surface area contributed by atoms with Gasteiger partial charge >= 0.3 is 11.9 Å². The molecule has 0 N–H and O–H groups in total. The fraction of sp³-hybridized carbons (Fsp3) is 0.333. The summed E-state index contributed by atoms with van der Waals surface area (Å²) in [4.78, 5) is 28.7. The molecule has 6 heteroatoms. The number of hydrogen-bond donors (Lipinski definition) is 0. The molecule has 2 atom stereocenters. The molecule has 2 aromatic carbocycles. The molecule has 0 aliphatic carbocycles. The van der Waals surface area contributed by atoms with Crippen LogP contribution >= 0.6 is 0 Å². The number of ether oxygens (including phenoxy) is 2. The van der Waals surface area contributed by atoms with E-state index in [1.165, 1.54) is 14.2 Å². The zero-order chi connectivity index (χ0) is 21.0. The van der Waals surface area contributed by atoms with Crippen LogP contribution in [-0.4, -0.2) is 35.6 Å². The first kappa shape index (κ1) is 18.9. The lowest BCUT2D eigenvalue weighted by Crippen LogP contribution is -2.46. The Morgan fingerprint density at radius 2 is 1.70 bits per heavy atom. The highest BCUT2D eigenvalue weighted by atomic mass is 16.5. The number of aromatic nitrogens is 1. The van der Waals surface area contributed by atoms with Crippen molar-refractivity contribution in [1.29, 1.82) is 0 Å². The molecule has 0 spiro atoms. The molecule has 0 amide bonds. The summed E-state index contributed by atoms with van der Waals surface area (Å²) in [5.41, 5.74) is 2.94. The van der Waals surface area contributed by atoms with Crippen molar-refractivity contribution in [3.05, 3.63) is 71.4 Å². The van der Waals surface area contributed by atoms with E-state index in [0.717, 1.165) is 27.6 Å². The van der Waals surface area contributed by atoms with Gasteiger partial charge in [-0.25, -0.2) is 0 Å². The molecule has 2 aliphatic rings. The van der Waals surface area contributed by atoms with Gasteiger partial charge < -0.3 is 14.0 Å². The number of benzene rings is 2. The summed E-state index contributed by atoms with van der Waals surface area (Å²) in [6.07, 6.45) is 2.38. The second-order valence-electron chi connectivity index (χ2n) is 8.17. The number of rotatable bonds is 4. The third-order valence-corrected chi connectivity index (χ3v) is 6.75. The predicted octanol–water partition coefficient (Wildman–Crippen LogP) is 3.51. The maximum Gasteiger partial charge on any atom is 0.325 e. The summed E-state index contributed by atoms with van der Waals surface area (Å²) in [6, 6.07) is 15.8. The Labute approximate surface area is 175 Å². The van der Waals surface area contributed by atoms with Gasteiger partial charge in [0.2, 0.25) is 0 Å². The van der Waals surface area contributed by atoms with Crippen molar-refractivity contribution in [2.75, 3.05) is 14.2 Å². The minimum atomic E-state index is -1.41. The van der Waals surface area contributed by atoms with E-state index in [-0.39, 0.29) is 6.04 Å². The quantitative estimate of drug-likeness (QED) is 0.492. The first-order valence-corrected chi connectivity index (χ1v) is 10.1. The fourth-order valence-corrected chi connectivity index (χ4v) is 5.56. The van der Waals surface area contributed by atoms with Gasteiger partial charge in [0.15, 0.2) is 5.41 Å². The monoisotopic (exact) mass is 404 g/mol. The number of esters is 2. The molecule has 154 valence electrons. The molecule has 1 aromatic heterocycles. The summed E-state index contributed by atoms with van der Waals surface area (Å²) in [5, 5.41) is 1.13. The van der Waals surface area contributed by atoms with Crippen molar-refractivity contribution < 1.29 is 19.1 Å². The van der Waals surface area contributed by atoms with Gasteiger partial charge in [-0.2, -0.15) is 0 Å². The average Bonchev–Trinajstić information content (AvgIpc) is 3.24. The Balaban J connectivity index is 1.77. The van der Waals surface area contributed by atoms with Crippen LogP contribution in [0.1, 0.15) is 35.2 Å². The van der Waals surface area contributed by atoms with Gasteiger partial charge in [0.05, 0.1) is 20.3 Å². The van der Waals surface area contributed by atoms with Crippen molar-refractivity contribution >= 4 is 22.8 Å². The van der Waals surface area contributed by atoms with Crippen LogP contribution in [0, 0.1) is 5.41 Å². The molecule has 30 heavy (non-hydrogen) atoms. The molecule has 6 nitrogen and oxygen atoms in total. The topological polar surface area (TPSA) is 60.8 Å². The third kappa shape index (κ3) is 2.34. The van der Waals surface area contributed by atoms with Gasteiger partial charge in [0, 0.05) is 36.7 Å². The summed E-state index contributed by atoms with van der Waals surface area (Å²) < 4.78 is 12.5. The first-order chi connectivity index (χ1) is 14.5. The van der Waals surface area contributed by atoms with Crippen molar-refractivity contribution in [3.8, 4) is 0 Å². The number of aryl methyl sites for hydroxylation is 1. The second-order valence-corrected chi connectivity index (χ2v) is 8.17. The Morgan fingerprint density at radius 1 is 1.00 bits per heavy atom. The largest absolute Gasteiger partial charge is 0.468 e. The number of nitrogens with zero attached hydrogens (tertiary/aromatic N) is 2. The molecule has 0 saturated carbocycles. The number of hydrogen-bond acceptors (Lipinski definition) is 5. The number of carbonyl (C=O) groups is 2. The van der Waals surface area contributed by atoms with Gasteiger partial charge in [-0.15, -0.1) is 0 Å². The maximum absolute atomic E-state index is 13.2. The molecule has 1 fully saturated rings. The number of fused-ring (bicyclic) bond motifs is 4. The zero-order valence-corrected chi connectivity index (χ0v) is 17.3. The SMILES string of the molecule is COC(=O)C1(C(=O)OC)CC2c3cccc4c3c(cn4C)C1N2Cc1ccccc1. The molecule has 2 aliphatic heterocycles. The molecule has 2 unspecified atom stereocenters. The lowest BCUT2D eigenvalue weighted by Gasteiger charge is -2.37. The van der Waals surface area contributed by atoms with Crippen LogP contribution < -0.4 is 0 Å². The highest BCUT2D eigenvalue weighted by molar-refractivity contribution is 6.04. The Morgan fingerprint density at radius 3 is 2.37 bits per heavy atom. The molecular formula is C24H24N2O4. The van der Waals surface area contributed by atoms with E-state index < -0.39 is 23.4 Å². The Kier molecular flexibility index (Phi) is 4.22. The average molecular weight is 404 g/mol. The van der Waals surface area contributed by atoms with Crippen LogP contribution in [0.25, 0.3) is 10.9 Å². The van der Waals surface area contributed by atoms with Crippen molar-refractivity contribution in [3.63, 3.8) is 0 Å². The van der Waals surface area contributed by atoms with E-state index in [0.29, 0.717) is 13.0 Å². The first-order valence-electron chi connectivity index (χ1n) is 10.1. The van der Waals surface area contributed by atoms with Gasteiger partial charge in [0.25, 0.3) is 0 Å². The number of methoxy groups -OCH3 is 2. The molecular weight excluding hydrogens is 380 g/mol. The van der Waals surface area contributed by atoms with Crippen LogP contribution in [0.3, 0.4) is 0 Å². The highest BCUT2D eigenvalue weighted by Gasteiger charge is 2.66. The van der Waals surface area contributed by atoms with Crippen molar-refractivity contribution in [2.24, 2.45) is 12.5 Å². The standard InChI is InChI=1S/C24H24N2O4/c1-25-14-17-20-16(10-7-11-18(20)25)19-12-24(22(27)29-2,23(28)30-3)21(17)26(19)13-15-8-5-4-6-9-15/h4-11,14,19,21H,12-13H2,1-3H3. The molecule has 2 bridgehead atoms. The maximum atomic E-state index is 13.2. The summed E-state index contributed by atoms with van der Waals surface area (Å²) in [6.45, 7) is 0.622. The minimum absolute atomic E-state index is 0.0907. The van der Waals surface area contributed by atoms with Crippen molar-refractivity contribution in [1.82, 2.24) is 9.47 Å². The lowest BCUT2D eigenvalue weighted by atomic mass is 9.77. The smallest absolute Gasteiger partial charge is 0.325 e. The summed E-state index contributed by atoms with van der Waals surface area (Å²) >= 11 is 0. The summed E-state index contributed by atoms with van der Waals surface area (Å²) in [5.74, 6) is -1.07. The van der Waals surface area contributed by atoms with Gasteiger partial charge in [0.1, 0.15) is 0 Å². The number of carbonyl (C=O) groups excluding carboxylic acids is 2. The molecule has 1 saturated heterocycles.